The number of hydroxylamine groups is 1. The van der Waals surface area contributed by atoms with Gasteiger partial charge in [0.15, 0.2) is 0 Å². The van der Waals surface area contributed by atoms with Crippen LogP contribution in [0.15, 0.2) is 30.3 Å². The normalized spacial score (nSPS) is 18.1. The summed E-state index contributed by atoms with van der Waals surface area (Å²) < 4.78 is 5.73. The molecule has 1 atom stereocenters. The van der Waals surface area contributed by atoms with Crippen LogP contribution in [0.5, 0.6) is 5.75 Å². The first kappa shape index (κ1) is 10.8. The summed E-state index contributed by atoms with van der Waals surface area (Å²) in [6, 6.07) is 9.97. The maximum absolute atomic E-state index is 6.28. The van der Waals surface area contributed by atoms with Gasteiger partial charge in [0.05, 0.1) is 13.2 Å². The molecule has 3 rings (SSSR count). The lowest BCUT2D eigenvalue weighted by Crippen LogP contribution is -2.20. The number of hydrogen-bond acceptors (Lipinski definition) is 3. The third-order valence-electron chi connectivity index (χ3n) is 3.00. The van der Waals surface area contributed by atoms with Crippen LogP contribution in [-0.4, -0.2) is 13.7 Å². The number of ether oxygens (including phenoxy) is 1. The molecule has 3 nitrogen and oxygen atoms in total. The van der Waals surface area contributed by atoms with Gasteiger partial charge in [0.25, 0.3) is 0 Å². The van der Waals surface area contributed by atoms with Gasteiger partial charge in [-0.2, -0.15) is 5.48 Å². The molecule has 1 aliphatic rings. The number of nitrogens with one attached hydrogen (secondary N) is 1. The third kappa shape index (κ3) is 1.67. The van der Waals surface area contributed by atoms with E-state index in [0.29, 0.717) is 6.61 Å². The molecule has 0 spiro atoms. The van der Waals surface area contributed by atoms with Crippen LogP contribution in [0, 0.1) is 0 Å². The predicted molar refractivity (Wildman–Crippen MR) is 67.3 cm³/mol. The molecule has 2 aromatic carbocycles. The summed E-state index contributed by atoms with van der Waals surface area (Å²) in [6.45, 7) is 0.563. The zero-order valence-corrected chi connectivity index (χ0v) is 10.1. The molecule has 4 heteroatoms. The van der Waals surface area contributed by atoms with E-state index in [9.17, 15) is 0 Å². The summed E-state index contributed by atoms with van der Waals surface area (Å²) >= 11 is 6.28. The van der Waals surface area contributed by atoms with E-state index in [1.54, 1.807) is 7.11 Å². The highest BCUT2D eigenvalue weighted by atomic mass is 35.5. The van der Waals surface area contributed by atoms with Crippen LogP contribution in [0.2, 0.25) is 5.02 Å². The highest BCUT2D eigenvalue weighted by Gasteiger charge is 2.26. The van der Waals surface area contributed by atoms with Crippen LogP contribution >= 0.6 is 11.6 Å². The summed E-state index contributed by atoms with van der Waals surface area (Å²) in [4.78, 5) is 4.96. The molecule has 0 aliphatic carbocycles. The predicted octanol–water partition coefficient (Wildman–Crippen LogP) is 3.08. The summed E-state index contributed by atoms with van der Waals surface area (Å²) in [5.74, 6) is 0.902. The fourth-order valence-corrected chi connectivity index (χ4v) is 2.52. The third-order valence-corrected chi connectivity index (χ3v) is 3.32. The standard InChI is InChI=1S/C13H12ClNO2/c1-16-15-12-7-17-13-9-5-3-2-4-8(9)11(14)6-10(12)13/h2-6,12,15H,7H2,1H3. The zero-order chi connectivity index (χ0) is 11.8. The molecular weight excluding hydrogens is 238 g/mol. The van der Waals surface area contributed by atoms with Gasteiger partial charge in [-0.15, -0.1) is 0 Å². The molecular formula is C13H12ClNO2. The Morgan fingerprint density at radius 1 is 1.35 bits per heavy atom. The second-order valence-corrected chi connectivity index (χ2v) is 4.42. The van der Waals surface area contributed by atoms with E-state index in [-0.39, 0.29) is 6.04 Å². The first-order chi connectivity index (χ1) is 8.31. The van der Waals surface area contributed by atoms with Crippen molar-refractivity contribution in [3.63, 3.8) is 0 Å². The Hall–Kier alpha value is -1.29. The highest BCUT2D eigenvalue weighted by Crippen LogP contribution is 2.41. The Bertz CT molecular complexity index is 571. The quantitative estimate of drug-likeness (QED) is 0.830. The number of rotatable bonds is 2. The van der Waals surface area contributed by atoms with E-state index in [1.165, 1.54) is 0 Å². The van der Waals surface area contributed by atoms with E-state index in [0.717, 1.165) is 27.1 Å². The maximum atomic E-state index is 6.28. The molecule has 0 aromatic heterocycles. The molecule has 0 saturated heterocycles. The summed E-state index contributed by atoms with van der Waals surface area (Å²) in [5, 5.41) is 2.81. The molecule has 0 radical (unpaired) electrons. The Labute approximate surface area is 104 Å². The van der Waals surface area contributed by atoms with Crippen molar-refractivity contribution in [2.75, 3.05) is 13.7 Å². The molecule has 17 heavy (non-hydrogen) atoms. The Balaban J connectivity index is 2.22. The lowest BCUT2D eigenvalue weighted by Gasteiger charge is -2.10. The number of hydrogen-bond donors (Lipinski definition) is 1. The molecule has 0 amide bonds. The van der Waals surface area contributed by atoms with Crippen molar-refractivity contribution in [2.24, 2.45) is 0 Å². The topological polar surface area (TPSA) is 30.5 Å². The zero-order valence-electron chi connectivity index (χ0n) is 9.37. The van der Waals surface area contributed by atoms with E-state index in [1.807, 2.05) is 30.3 Å². The highest BCUT2D eigenvalue weighted by molar-refractivity contribution is 6.36. The fourth-order valence-electron chi connectivity index (χ4n) is 2.24. The summed E-state index contributed by atoms with van der Waals surface area (Å²) in [5.41, 5.74) is 3.96. The van der Waals surface area contributed by atoms with E-state index in [2.05, 4.69) is 5.48 Å². The minimum absolute atomic E-state index is 0.0390. The van der Waals surface area contributed by atoms with Crippen molar-refractivity contribution in [3.05, 3.63) is 40.9 Å². The molecule has 1 aliphatic heterocycles. The van der Waals surface area contributed by atoms with Gasteiger partial charge in [-0.3, -0.25) is 0 Å². The maximum Gasteiger partial charge on any atom is 0.132 e. The number of fused-ring (bicyclic) bond motifs is 3. The molecule has 0 fully saturated rings. The average molecular weight is 250 g/mol. The Kier molecular flexibility index (Phi) is 2.67. The van der Waals surface area contributed by atoms with Crippen LogP contribution in [0.25, 0.3) is 10.8 Å². The lowest BCUT2D eigenvalue weighted by atomic mass is 10.0. The van der Waals surface area contributed by atoms with Crippen LogP contribution in [0.4, 0.5) is 0 Å². The van der Waals surface area contributed by atoms with Gasteiger partial charge in [-0.05, 0) is 6.07 Å². The van der Waals surface area contributed by atoms with Crippen molar-refractivity contribution < 1.29 is 9.57 Å². The minimum atomic E-state index is 0.0390. The van der Waals surface area contributed by atoms with Gasteiger partial charge in [-0.25, -0.2) is 0 Å². The van der Waals surface area contributed by atoms with E-state index in [4.69, 9.17) is 21.2 Å². The van der Waals surface area contributed by atoms with Gasteiger partial charge in [0, 0.05) is 21.4 Å². The second kappa shape index (κ2) is 4.18. The molecule has 1 unspecified atom stereocenters. The Morgan fingerprint density at radius 2 is 2.12 bits per heavy atom. The van der Waals surface area contributed by atoms with Gasteiger partial charge < -0.3 is 9.57 Å². The van der Waals surface area contributed by atoms with Crippen LogP contribution < -0.4 is 10.2 Å². The van der Waals surface area contributed by atoms with E-state index < -0.39 is 0 Å². The molecule has 2 aromatic rings. The van der Waals surface area contributed by atoms with Crippen LogP contribution in [0.1, 0.15) is 11.6 Å². The van der Waals surface area contributed by atoms with Gasteiger partial charge in [0.2, 0.25) is 0 Å². The minimum Gasteiger partial charge on any atom is -0.491 e. The molecule has 88 valence electrons. The molecule has 0 bridgehead atoms. The van der Waals surface area contributed by atoms with Gasteiger partial charge in [0.1, 0.15) is 12.4 Å². The van der Waals surface area contributed by atoms with Gasteiger partial charge >= 0.3 is 0 Å². The first-order valence-corrected chi connectivity index (χ1v) is 5.81. The van der Waals surface area contributed by atoms with Crippen molar-refractivity contribution in [3.8, 4) is 5.75 Å². The monoisotopic (exact) mass is 249 g/mol. The van der Waals surface area contributed by atoms with Crippen molar-refractivity contribution in [2.45, 2.75) is 6.04 Å². The summed E-state index contributed by atoms with van der Waals surface area (Å²) in [7, 11) is 1.60. The smallest absolute Gasteiger partial charge is 0.132 e. The SMILES string of the molecule is CONC1COc2c1cc(Cl)c1ccccc21. The van der Waals surface area contributed by atoms with Crippen molar-refractivity contribution in [1.29, 1.82) is 0 Å². The Morgan fingerprint density at radius 3 is 2.88 bits per heavy atom. The second-order valence-electron chi connectivity index (χ2n) is 4.01. The average Bonchev–Trinajstić information content (AvgIpc) is 2.74. The number of halogens is 1. The largest absolute Gasteiger partial charge is 0.491 e. The van der Waals surface area contributed by atoms with Crippen LogP contribution in [-0.2, 0) is 4.84 Å². The molecule has 1 heterocycles. The van der Waals surface area contributed by atoms with E-state index >= 15 is 0 Å². The van der Waals surface area contributed by atoms with Crippen molar-refractivity contribution in [1.82, 2.24) is 5.48 Å². The molecule has 0 saturated carbocycles. The first-order valence-electron chi connectivity index (χ1n) is 5.43. The fraction of sp³-hybridized carbons (Fsp3) is 0.231. The number of benzene rings is 2. The summed E-state index contributed by atoms with van der Waals surface area (Å²) in [6.07, 6.45) is 0. The lowest BCUT2D eigenvalue weighted by molar-refractivity contribution is 0.0536. The van der Waals surface area contributed by atoms with Crippen LogP contribution in [0.3, 0.4) is 0 Å². The van der Waals surface area contributed by atoms with Gasteiger partial charge in [-0.1, -0.05) is 35.9 Å². The van der Waals surface area contributed by atoms with Crippen molar-refractivity contribution >= 4 is 22.4 Å². The molecule has 1 N–H and O–H groups in total.